The smallest absolute Gasteiger partial charge is 0.189 e. The summed E-state index contributed by atoms with van der Waals surface area (Å²) in [6.45, 7) is 2.46. The lowest BCUT2D eigenvalue weighted by molar-refractivity contribution is 0.333. The van der Waals surface area contributed by atoms with Gasteiger partial charge in [0.25, 0.3) is 0 Å². The number of sulfone groups is 1. The lowest BCUT2D eigenvalue weighted by Gasteiger charge is -2.19. The molecule has 1 heterocycles. The predicted octanol–water partition coefficient (Wildman–Crippen LogP) is 2.88. The van der Waals surface area contributed by atoms with Crippen molar-refractivity contribution in [3.05, 3.63) is 47.3 Å². The molecule has 21 heavy (non-hydrogen) atoms. The van der Waals surface area contributed by atoms with Crippen LogP contribution in [0.15, 0.2) is 46.0 Å². The van der Waals surface area contributed by atoms with E-state index in [2.05, 4.69) is 5.32 Å². The van der Waals surface area contributed by atoms with Gasteiger partial charge in [-0.2, -0.15) is 0 Å². The highest BCUT2D eigenvalue weighted by Gasteiger charge is 2.24. The van der Waals surface area contributed by atoms with E-state index in [1.807, 2.05) is 31.2 Å². The first-order valence-electron chi connectivity index (χ1n) is 6.73. The molecule has 4 nitrogen and oxygen atoms in total. The number of hydrogen-bond donors (Lipinski definition) is 1. The fraction of sp³-hybridized carbons (Fsp3) is 0.333. The quantitative estimate of drug-likeness (QED) is 0.850. The molecule has 0 radical (unpaired) electrons. The molecule has 0 amide bonds. The van der Waals surface area contributed by atoms with Gasteiger partial charge in [-0.05, 0) is 31.5 Å². The van der Waals surface area contributed by atoms with Gasteiger partial charge in [0.2, 0.25) is 0 Å². The molecule has 0 spiro atoms. The summed E-state index contributed by atoms with van der Waals surface area (Å²) < 4.78 is 30.9. The number of nitrogens with one attached hydrogen (secondary N) is 1. The molecule has 0 aliphatic heterocycles. The van der Waals surface area contributed by atoms with E-state index in [-0.39, 0.29) is 11.8 Å². The Balaban J connectivity index is 2.29. The van der Waals surface area contributed by atoms with Crippen molar-refractivity contribution in [1.82, 2.24) is 5.32 Å². The Morgan fingerprint density at radius 2 is 2.00 bits per heavy atom. The van der Waals surface area contributed by atoms with E-state index in [9.17, 15) is 8.42 Å². The Bertz CT molecular complexity index is 666. The monoisotopic (exact) mass is 325 g/mol. The average molecular weight is 325 g/mol. The Morgan fingerprint density at radius 3 is 2.62 bits per heavy atom. The van der Waals surface area contributed by atoms with Crippen LogP contribution in [0.2, 0.25) is 0 Å². The normalized spacial score (nSPS) is 13.0. The molecule has 1 aromatic heterocycles. The van der Waals surface area contributed by atoms with Crippen molar-refractivity contribution in [2.45, 2.75) is 17.2 Å². The van der Waals surface area contributed by atoms with Gasteiger partial charge in [-0.25, -0.2) is 8.42 Å². The van der Waals surface area contributed by atoms with Crippen LogP contribution in [0.4, 0.5) is 0 Å². The largest absolute Gasteiger partial charge is 0.494 e. The molecule has 1 atom stereocenters. The standard InChI is InChI=1S/C15H19NO3S2/c1-3-19-14-8-5-4-7-12(14)13(16-2)11-21(17,18)15-9-6-10-20-15/h4-10,13,16H,3,11H2,1-2H3. The molecule has 0 fully saturated rings. The van der Waals surface area contributed by atoms with E-state index in [4.69, 9.17) is 4.74 Å². The summed E-state index contributed by atoms with van der Waals surface area (Å²) in [4.78, 5) is 0. The van der Waals surface area contributed by atoms with Gasteiger partial charge in [-0.1, -0.05) is 24.3 Å². The van der Waals surface area contributed by atoms with Gasteiger partial charge in [-0.15, -0.1) is 11.3 Å². The average Bonchev–Trinajstić information content (AvgIpc) is 3.01. The Morgan fingerprint density at radius 1 is 1.24 bits per heavy atom. The lowest BCUT2D eigenvalue weighted by Crippen LogP contribution is -2.25. The van der Waals surface area contributed by atoms with Crippen molar-refractivity contribution in [3.63, 3.8) is 0 Å². The van der Waals surface area contributed by atoms with Crippen LogP contribution in [0, 0.1) is 0 Å². The molecule has 0 saturated heterocycles. The second-order valence-corrected chi connectivity index (χ2v) is 7.73. The maximum atomic E-state index is 12.4. The summed E-state index contributed by atoms with van der Waals surface area (Å²) in [7, 11) is -1.55. The molecule has 2 aromatic rings. The number of thiophene rings is 1. The molecule has 1 unspecified atom stereocenters. The van der Waals surface area contributed by atoms with Crippen molar-refractivity contribution in [2.75, 3.05) is 19.4 Å². The second kappa shape index (κ2) is 7.06. The highest BCUT2D eigenvalue weighted by Crippen LogP contribution is 2.28. The van der Waals surface area contributed by atoms with Crippen LogP contribution < -0.4 is 10.1 Å². The zero-order chi connectivity index (χ0) is 15.3. The molecule has 0 saturated carbocycles. The van der Waals surface area contributed by atoms with E-state index in [0.29, 0.717) is 10.8 Å². The maximum absolute atomic E-state index is 12.4. The van der Waals surface area contributed by atoms with Crippen molar-refractivity contribution in [3.8, 4) is 5.75 Å². The molecular formula is C15H19NO3S2. The third kappa shape index (κ3) is 3.84. The molecule has 2 rings (SSSR count). The van der Waals surface area contributed by atoms with Crippen LogP contribution in [0.25, 0.3) is 0 Å². The van der Waals surface area contributed by atoms with Crippen molar-refractivity contribution in [2.24, 2.45) is 0 Å². The Labute approximate surface area is 129 Å². The molecule has 1 N–H and O–H groups in total. The first kappa shape index (κ1) is 16.0. The predicted molar refractivity (Wildman–Crippen MR) is 85.8 cm³/mol. The van der Waals surface area contributed by atoms with E-state index in [0.717, 1.165) is 11.3 Å². The van der Waals surface area contributed by atoms with Gasteiger partial charge in [0.05, 0.1) is 12.4 Å². The van der Waals surface area contributed by atoms with Crippen LogP contribution in [0.1, 0.15) is 18.5 Å². The fourth-order valence-electron chi connectivity index (χ4n) is 2.13. The minimum Gasteiger partial charge on any atom is -0.494 e. The van der Waals surface area contributed by atoms with Crippen molar-refractivity contribution >= 4 is 21.2 Å². The Kier molecular flexibility index (Phi) is 5.39. The fourth-order valence-corrected chi connectivity index (χ4v) is 4.77. The van der Waals surface area contributed by atoms with Gasteiger partial charge in [-0.3, -0.25) is 0 Å². The summed E-state index contributed by atoms with van der Waals surface area (Å²) in [5.41, 5.74) is 0.863. The van der Waals surface area contributed by atoms with Crippen LogP contribution in [-0.4, -0.2) is 27.8 Å². The minimum atomic E-state index is -3.31. The number of hydrogen-bond acceptors (Lipinski definition) is 5. The summed E-state index contributed by atoms with van der Waals surface area (Å²) in [5.74, 6) is 0.731. The number of rotatable bonds is 7. The molecule has 1 aromatic carbocycles. The first-order valence-corrected chi connectivity index (χ1v) is 9.27. The number of para-hydroxylation sites is 1. The van der Waals surface area contributed by atoms with Crippen LogP contribution >= 0.6 is 11.3 Å². The van der Waals surface area contributed by atoms with E-state index < -0.39 is 9.84 Å². The molecule has 6 heteroatoms. The minimum absolute atomic E-state index is 0.00804. The van der Waals surface area contributed by atoms with Crippen LogP contribution in [-0.2, 0) is 9.84 Å². The van der Waals surface area contributed by atoms with Crippen LogP contribution in [0.5, 0.6) is 5.75 Å². The molecule has 0 aliphatic rings. The highest BCUT2D eigenvalue weighted by molar-refractivity contribution is 7.93. The van der Waals surface area contributed by atoms with Crippen molar-refractivity contribution in [1.29, 1.82) is 0 Å². The molecule has 0 aliphatic carbocycles. The SMILES string of the molecule is CCOc1ccccc1C(CS(=O)(=O)c1cccs1)NC. The van der Waals surface area contributed by atoms with E-state index >= 15 is 0 Å². The molecule has 114 valence electrons. The van der Waals surface area contributed by atoms with Gasteiger partial charge in [0.15, 0.2) is 9.84 Å². The zero-order valence-electron chi connectivity index (χ0n) is 12.1. The molecular weight excluding hydrogens is 306 g/mol. The number of ether oxygens (including phenoxy) is 1. The third-order valence-corrected chi connectivity index (χ3v) is 6.36. The third-order valence-electron chi connectivity index (χ3n) is 3.13. The van der Waals surface area contributed by atoms with Crippen LogP contribution in [0.3, 0.4) is 0 Å². The first-order chi connectivity index (χ1) is 10.1. The second-order valence-electron chi connectivity index (χ2n) is 4.53. The van der Waals surface area contributed by atoms with E-state index in [1.165, 1.54) is 11.3 Å². The summed E-state index contributed by atoms with van der Waals surface area (Å²) in [5, 5.41) is 4.85. The lowest BCUT2D eigenvalue weighted by atomic mass is 10.1. The zero-order valence-corrected chi connectivity index (χ0v) is 13.7. The van der Waals surface area contributed by atoms with Gasteiger partial charge in [0, 0.05) is 11.6 Å². The van der Waals surface area contributed by atoms with Gasteiger partial charge >= 0.3 is 0 Å². The summed E-state index contributed by atoms with van der Waals surface area (Å²) in [6, 6.07) is 10.6. The van der Waals surface area contributed by atoms with E-state index in [1.54, 1.807) is 24.6 Å². The summed E-state index contributed by atoms with van der Waals surface area (Å²) >= 11 is 1.24. The number of benzene rings is 1. The molecule has 0 bridgehead atoms. The van der Waals surface area contributed by atoms with Crippen molar-refractivity contribution < 1.29 is 13.2 Å². The van der Waals surface area contributed by atoms with Gasteiger partial charge in [0.1, 0.15) is 9.96 Å². The highest BCUT2D eigenvalue weighted by atomic mass is 32.2. The topological polar surface area (TPSA) is 55.4 Å². The van der Waals surface area contributed by atoms with Gasteiger partial charge < -0.3 is 10.1 Å². The maximum Gasteiger partial charge on any atom is 0.189 e. The Hall–Kier alpha value is -1.37. The summed E-state index contributed by atoms with van der Waals surface area (Å²) in [6.07, 6.45) is 0.